The Morgan fingerprint density at radius 3 is 1.23 bits per heavy atom. The second-order valence-corrected chi connectivity index (χ2v) is 15.3. The highest BCUT2D eigenvalue weighted by Gasteiger charge is 2.32. The summed E-state index contributed by atoms with van der Waals surface area (Å²) in [4.78, 5) is 54.5. The first kappa shape index (κ1) is 45.4. The normalized spacial score (nSPS) is 14.8. The van der Waals surface area contributed by atoms with E-state index < -0.39 is 12.3 Å². The molecule has 0 spiro atoms. The summed E-state index contributed by atoms with van der Waals surface area (Å²) < 4.78 is 32.3. The summed E-state index contributed by atoms with van der Waals surface area (Å²) in [6.45, 7) is 5.04. The Kier molecular flexibility index (Phi) is 18.9. The van der Waals surface area contributed by atoms with E-state index >= 15 is 0 Å². The van der Waals surface area contributed by atoms with Crippen molar-refractivity contribution >= 4 is 24.2 Å². The predicted octanol–water partition coefficient (Wildman–Crippen LogP) is 12.5. The van der Waals surface area contributed by atoms with Gasteiger partial charge in [0.1, 0.15) is 17.2 Å². The molecule has 0 N–H and O–H groups in total. The van der Waals surface area contributed by atoms with Crippen LogP contribution in [0.1, 0.15) is 117 Å². The molecule has 1 aromatic heterocycles. The predicted molar refractivity (Wildman–Crippen MR) is 229 cm³/mol. The Morgan fingerprint density at radius 2 is 0.817 bits per heavy atom. The number of hydrogen-bond acceptors (Lipinski definition) is 11. The first-order valence-corrected chi connectivity index (χ1v) is 21.7. The lowest BCUT2D eigenvalue weighted by Gasteiger charge is -2.25. The summed E-state index contributed by atoms with van der Waals surface area (Å²) in [5.41, 5.74) is 3.29. The van der Waals surface area contributed by atoms with Gasteiger partial charge in [-0.2, -0.15) is 0 Å². The van der Waals surface area contributed by atoms with Crippen molar-refractivity contribution in [1.29, 1.82) is 0 Å². The molecule has 0 saturated heterocycles. The molecule has 1 fully saturated rings. The van der Waals surface area contributed by atoms with Crippen molar-refractivity contribution in [1.82, 2.24) is 4.98 Å². The fourth-order valence-corrected chi connectivity index (χ4v) is 7.03. The molecular formula is C49H59NO10. The van der Waals surface area contributed by atoms with Gasteiger partial charge in [0.15, 0.2) is 5.75 Å². The van der Waals surface area contributed by atoms with Gasteiger partial charge in [-0.05, 0) is 110 Å². The maximum atomic E-state index is 13.0. The molecule has 1 aliphatic carbocycles. The molecule has 4 aromatic rings. The zero-order valence-corrected chi connectivity index (χ0v) is 35.1. The number of esters is 2. The summed E-state index contributed by atoms with van der Waals surface area (Å²) in [6, 6.07) is 24.8. The summed E-state index contributed by atoms with van der Waals surface area (Å²) >= 11 is 0. The van der Waals surface area contributed by atoms with Gasteiger partial charge < -0.3 is 28.4 Å². The Balaban J connectivity index is 0.977. The van der Waals surface area contributed by atoms with Crippen LogP contribution >= 0.6 is 0 Å². The number of carbonyl (C=O) groups is 4. The first-order valence-electron chi connectivity index (χ1n) is 21.7. The molecule has 0 bridgehead atoms. The molecule has 11 nitrogen and oxygen atoms in total. The lowest BCUT2D eigenvalue weighted by molar-refractivity contribution is -0.145. The third-order valence-electron chi connectivity index (χ3n) is 10.6. The number of ether oxygens (including phenoxy) is 6. The van der Waals surface area contributed by atoms with E-state index in [1.807, 2.05) is 36.4 Å². The summed E-state index contributed by atoms with van der Waals surface area (Å²) in [7, 11) is 0. The number of benzene rings is 3. The van der Waals surface area contributed by atoms with Crippen molar-refractivity contribution in [2.75, 3.05) is 13.2 Å². The van der Waals surface area contributed by atoms with E-state index in [2.05, 4.69) is 18.8 Å². The van der Waals surface area contributed by atoms with E-state index in [0.29, 0.717) is 67.6 Å². The van der Waals surface area contributed by atoms with Crippen LogP contribution in [0.2, 0.25) is 0 Å². The minimum atomic E-state index is -0.743. The van der Waals surface area contributed by atoms with Gasteiger partial charge in [0.2, 0.25) is 0 Å². The van der Waals surface area contributed by atoms with Gasteiger partial charge in [0.05, 0.1) is 36.9 Å². The van der Waals surface area contributed by atoms with Crippen molar-refractivity contribution < 1.29 is 47.6 Å². The maximum absolute atomic E-state index is 13.0. The summed E-state index contributed by atoms with van der Waals surface area (Å²) in [6.07, 6.45) is 15.4. The van der Waals surface area contributed by atoms with Crippen molar-refractivity contribution in [3.05, 3.63) is 91.1 Å². The number of aromatic nitrogens is 1. The Bertz CT molecular complexity index is 1760. The van der Waals surface area contributed by atoms with Crippen LogP contribution in [0.3, 0.4) is 0 Å². The largest absolute Gasteiger partial charge is 0.513 e. The van der Waals surface area contributed by atoms with Gasteiger partial charge in [0, 0.05) is 5.56 Å². The molecule has 0 radical (unpaired) electrons. The minimum Gasteiger partial charge on any atom is -0.434 e. The maximum Gasteiger partial charge on any atom is 0.513 e. The van der Waals surface area contributed by atoms with Crippen LogP contribution < -0.4 is 18.9 Å². The van der Waals surface area contributed by atoms with Crippen molar-refractivity contribution in [2.24, 2.45) is 11.8 Å². The number of carbonyl (C=O) groups excluding carboxylic acids is 4. The third kappa shape index (κ3) is 15.5. The molecule has 11 heteroatoms. The van der Waals surface area contributed by atoms with Gasteiger partial charge in [-0.25, -0.2) is 9.59 Å². The van der Waals surface area contributed by atoms with E-state index in [1.165, 1.54) is 44.7 Å². The molecule has 0 atom stereocenters. The van der Waals surface area contributed by atoms with Crippen molar-refractivity contribution in [3.63, 3.8) is 0 Å². The van der Waals surface area contributed by atoms with Crippen LogP contribution in [0, 0.1) is 11.8 Å². The third-order valence-corrected chi connectivity index (χ3v) is 10.6. The molecule has 0 unspecified atom stereocenters. The zero-order chi connectivity index (χ0) is 42.4. The van der Waals surface area contributed by atoms with E-state index in [0.717, 1.165) is 55.2 Å². The van der Waals surface area contributed by atoms with Crippen LogP contribution in [0.25, 0.3) is 22.4 Å². The number of pyridine rings is 1. The Labute approximate surface area is 354 Å². The lowest BCUT2D eigenvalue weighted by atomic mass is 9.82. The highest BCUT2D eigenvalue weighted by Crippen LogP contribution is 2.33. The monoisotopic (exact) mass is 821 g/mol. The van der Waals surface area contributed by atoms with E-state index in [4.69, 9.17) is 28.4 Å². The zero-order valence-electron chi connectivity index (χ0n) is 35.1. The molecule has 0 aliphatic heterocycles. The van der Waals surface area contributed by atoms with Gasteiger partial charge in [0.25, 0.3) is 0 Å². The first-order chi connectivity index (χ1) is 29.3. The SMILES string of the molecule is CCCCCCCCOC(=O)Oc1ccc(-c2ccc(OC(=O)C3CCC(C(=O)Oc4ccc(-c5ccc(OC(=O)OCCCCCCCC)cn5)cc4)CC3)cc2)cc1. The van der Waals surface area contributed by atoms with E-state index in [1.54, 1.807) is 48.5 Å². The number of hydrogen-bond donors (Lipinski definition) is 0. The second-order valence-electron chi connectivity index (χ2n) is 15.3. The standard InChI is InChI=1S/C49H59NO10/c1-3-5-7-9-11-13-33-55-48(53)59-43-27-21-37(22-28-43)36-19-25-41(26-20-36)57-46(51)39-15-17-40(18-16-39)47(52)58-42-29-23-38(24-30-42)45-32-31-44(35-50-45)60-49(54)56-34-14-12-10-8-6-4-2/h19-32,35,39-40H,3-18,33-34H2,1-2H3. The van der Waals surface area contributed by atoms with Crippen LogP contribution in [0.4, 0.5) is 9.59 Å². The van der Waals surface area contributed by atoms with Crippen LogP contribution in [-0.4, -0.2) is 42.4 Å². The average Bonchev–Trinajstić information content (AvgIpc) is 3.27. The molecule has 0 amide bonds. The minimum absolute atomic E-state index is 0.292. The van der Waals surface area contributed by atoms with Crippen LogP contribution in [-0.2, 0) is 19.1 Å². The molecule has 5 rings (SSSR count). The topological polar surface area (TPSA) is 137 Å². The van der Waals surface area contributed by atoms with Crippen molar-refractivity contribution in [3.8, 4) is 45.4 Å². The van der Waals surface area contributed by atoms with Gasteiger partial charge in [-0.1, -0.05) is 102 Å². The number of rotatable bonds is 22. The fourth-order valence-electron chi connectivity index (χ4n) is 7.03. The molecule has 320 valence electrons. The summed E-state index contributed by atoms with van der Waals surface area (Å²) in [5.74, 6) is 0.303. The highest BCUT2D eigenvalue weighted by atomic mass is 16.7. The lowest BCUT2D eigenvalue weighted by Crippen LogP contribution is -2.30. The molecule has 1 saturated carbocycles. The molecule has 3 aromatic carbocycles. The fraction of sp³-hybridized carbons (Fsp3) is 0.449. The quantitative estimate of drug-likeness (QED) is 0.0324. The van der Waals surface area contributed by atoms with Gasteiger partial charge >= 0.3 is 24.2 Å². The molecule has 1 heterocycles. The van der Waals surface area contributed by atoms with Crippen LogP contribution in [0.5, 0.6) is 23.0 Å². The van der Waals surface area contributed by atoms with E-state index in [-0.39, 0.29) is 23.8 Å². The average molecular weight is 822 g/mol. The molecule has 1 aliphatic rings. The smallest absolute Gasteiger partial charge is 0.434 e. The second kappa shape index (κ2) is 25.0. The molecular weight excluding hydrogens is 763 g/mol. The highest BCUT2D eigenvalue weighted by molar-refractivity contribution is 5.78. The number of unbranched alkanes of at least 4 members (excludes halogenated alkanes) is 10. The van der Waals surface area contributed by atoms with Crippen LogP contribution in [0.15, 0.2) is 91.1 Å². The molecule has 60 heavy (non-hydrogen) atoms. The Morgan fingerprint density at radius 1 is 0.450 bits per heavy atom. The van der Waals surface area contributed by atoms with Gasteiger partial charge in [-0.15, -0.1) is 0 Å². The van der Waals surface area contributed by atoms with E-state index in [9.17, 15) is 19.2 Å². The number of nitrogens with zero attached hydrogens (tertiary/aromatic N) is 1. The van der Waals surface area contributed by atoms with Gasteiger partial charge in [-0.3, -0.25) is 14.6 Å². The van der Waals surface area contributed by atoms with Crippen molar-refractivity contribution in [2.45, 2.75) is 117 Å². The summed E-state index contributed by atoms with van der Waals surface area (Å²) in [5, 5.41) is 0. The Hall–Kier alpha value is -5.71.